The molecule has 4 amide bonds. The molecule has 0 unspecified atom stereocenters. The van der Waals surface area contributed by atoms with Crippen molar-refractivity contribution in [1.29, 1.82) is 0 Å². The number of amides is 4. The van der Waals surface area contributed by atoms with E-state index < -0.39 is 41.1 Å². The van der Waals surface area contributed by atoms with Gasteiger partial charge in [-0.25, -0.2) is 44.1 Å². The van der Waals surface area contributed by atoms with Crippen LogP contribution in [0.15, 0.2) is 90.4 Å². The van der Waals surface area contributed by atoms with Gasteiger partial charge >= 0.3 is 24.2 Å². The average molecular weight is 1140 g/mol. The van der Waals surface area contributed by atoms with E-state index in [1.165, 1.54) is 71.3 Å². The van der Waals surface area contributed by atoms with Crippen LogP contribution < -0.4 is 50.5 Å². The molecule has 0 radical (unpaired) electrons. The molecule has 0 saturated carbocycles. The molecule has 5 N–H and O–H groups in total. The second-order valence-electron chi connectivity index (χ2n) is 19.6. The Balaban J connectivity index is 0.000000272. The number of rotatable bonds is 11. The molecule has 26 nitrogen and oxygen atoms in total. The summed E-state index contributed by atoms with van der Waals surface area (Å²) < 4.78 is 44.6. The largest absolute Gasteiger partial charge is 0.481 e. The van der Waals surface area contributed by atoms with Crippen molar-refractivity contribution in [3.8, 4) is 29.4 Å². The van der Waals surface area contributed by atoms with Gasteiger partial charge in [-0.2, -0.15) is 0 Å². The van der Waals surface area contributed by atoms with Crippen LogP contribution in [-0.4, -0.2) is 126 Å². The first-order valence-corrected chi connectivity index (χ1v) is 24.7. The fourth-order valence-electron chi connectivity index (χ4n) is 6.13. The van der Waals surface area contributed by atoms with E-state index in [0.717, 1.165) is 23.1 Å². The van der Waals surface area contributed by atoms with Crippen LogP contribution in [0.25, 0.3) is 17.0 Å². The average Bonchev–Trinajstić information content (AvgIpc) is 3.56. The number of H-pyrrole nitrogens is 1. The van der Waals surface area contributed by atoms with Crippen LogP contribution in [0.1, 0.15) is 90.2 Å². The van der Waals surface area contributed by atoms with Gasteiger partial charge in [-0.1, -0.05) is 0 Å². The normalized spacial score (nSPS) is 11.4. The number of nitrogens with zero attached hydrogens (tertiary/aromatic N) is 5. The van der Waals surface area contributed by atoms with E-state index in [2.05, 4.69) is 55.9 Å². The number of fused-ring (bicyclic) bond motifs is 2. The van der Waals surface area contributed by atoms with E-state index in [-0.39, 0.29) is 22.7 Å². The van der Waals surface area contributed by atoms with Crippen molar-refractivity contribution >= 4 is 76.2 Å². The quantitative estimate of drug-likeness (QED) is 0.0349. The van der Waals surface area contributed by atoms with Gasteiger partial charge in [0, 0.05) is 65.4 Å². The van der Waals surface area contributed by atoms with E-state index in [1.54, 1.807) is 119 Å². The van der Waals surface area contributed by atoms with Crippen molar-refractivity contribution < 1.29 is 71.4 Å². The molecule has 0 aromatic carbocycles. The molecule has 0 spiro atoms. The second kappa shape index (κ2) is 31.6. The first kappa shape index (κ1) is 66.4. The maximum Gasteiger partial charge on any atom is 0.412 e. The molecular formula is C56H70N10O16. The lowest BCUT2D eigenvalue weighted by molar-refractivity contribution is -0.134. The molecular weight excluding hydrogens is 1070 g/mol. The molecule has 0 saturated heterocycles. The summed E-state index contributed by atoms with van der Waals surface area (Å²) in [4.78, 5) is 101. The van der Waals surface area contributed by atoms with Crippen molar-refractivity contribution in [1.82, 2.24) is 29.9 Å². The first-order chi connectivity index (χ1) is 38.6. The summed E-state index contributed by atoms with van der Waals surface area (Å²) in [7, 11) is 8.86. The van der Waals surface area contributed by atoms with Gasteiger partial charge in [-0.3, -0.25) is 30.3 Å². The van der Waals surface area contributed by atoms with Crippen molar-refractivity contribution in [3.63, 3.8) is 0 Å². The van der Waals surface area contributed by atoms with Gasteiger partial charge in [0.1, 0.15) is 16.8 Å². The van der Waals surface area contributed by atoms with Crippen LogP contribution in [0.5, 0.6) is 29.4 Å². The zero-order valence-corrected chi connectivity index (χ0v) is 48.4. The third-order valence-electron chi connectivity index (χ3n) is 9.69. The number of aryl methyl sites for hydroxylation is 1. The molecule has 6 aromatic rings. The number of aromatic amines is 1. The van der Waals surface area contributed by atoms with Crippen molar-refractivity contribution in [2.24, 2.45) is 0 Å². The summed E-state index contributed by atoms with van der Waals surface area (Å²) in [5, 5.41) is 11.3. The highest BCUT2D eigenvalue weighted by atomic mass is 16.6. The number of pyridine rings is 6. The third kappa shape index (κ3) is 24.8. The van der Waals surface area contributed by atoms with Crippen LogP contribution >= 0.6 is 0 Å². The molecule has 0 bridgehead atoms. The lowest BCUT2D eigenvalue weighted by Gasteiger charge is -2.20. The van der Waals surface area contributed by atoms with E-state index in [1.807, 2.05) is 6.07 Å². The number of hydrogen-bond donors (Lipinski definition) is 5. The third-order valence-corrected chi connectivity index (χ3v) is 9.69. The Labute approximate surface area is 474 Å². The summed E-state index contributed by atoms with van der Waals surface area (Å²) in [5.41, 5.74) is 2.78. The number of methoxy groups -OCH3 is 6. The molecule has 1 aliphatic rings. The Morgan fingerprint density at radius 2 is 1.01 bits per heavy atom. The van der Waals surface area contributed by atoms with Crippen LogP contribution in [0.4, 0.5) is 37.1 Å². The molecule has 7 heterocycles. The van der Waals surface area contributed by atoms with Crippen molar-refractivity contribution in [3.05, 3.63) is 113 Å². The number of nitrogens with one attached hydrogen (secondary N) is 5. The molecule has 6 aromatic heterocycles. The fraction of sp³-hybridized carbons (Fsp3) is 0.357. The Bertz CT molecular complexity index is 3200. The highest BCUT2D eigenvalue weighted by Crippen LogP contribution is 2.25. The Hall–Kier alpha value is -9.88. The van der Waals surface area contributed by atoms with Crippen molar-refractivity contribution in [2.45, 2.75) is 92.0 Å². The fourth-order valence-corrected chi connectivity index (χ4v) is 6.13. The number of carbonyl (C=O) groups excluding carboxylic acids is 6. The number of carbonyl (C=O) groups is 6. The summed E-state index contributed by atoms with van der Waals surface area (Å²) in [6.45, 7) is 15.9. The lowest BCUT2D eigenvalue weighted by atomic mass is 10.1. The topological polar surface area (TPSA) is 331 Å². The second-order valence-corrected chi connectivity index (χ2v) is 19.6. The van der Waals surface area contributed by atoms with E-state index in [4.69, 9.17) is 37.9 Å². The minimum absolute atomic E-state index is 0.0551. The Kier molecular flexibility index (Phi) is 25.6. The highest BCUT2D eigenvalue weighted by molar-refractivity contribution is 5.95. The van der Waals surface area contributed by atoms with Gasteiger partial charge in [0.25, 0.3) is 0 Å². The number of aromatic nitrogens is 6. The van der Waals surface area contributed by atoms with Crippen LogP contribution in [0, 0.1) is 0 Å². The number of aldehydes is 1. The zero-order chi connectivity index (χ0) is 61.2. The summed E-state index contributed by atoms with van der Waals surface area (Å²) in [6, 6.07) is 13.2. The number of anilines is 4. The van der Waals surface area contributed by atoms with Crippen LogP contribution in [0.3, 0.4) is 0 Å². The number of esters is 1. The predicted molar refractivity (Wildman–Crippen MR) is 305 cm³/mol. The number of ether oxygens (including phenoxy) is 9. The summed E-state index contributed by atoms with van der Waals surface area (Å²) >= 11 is 0. The molecule has 440 valence electrons. The van der Waals surface area contributed by atoms with Crippen LogP contribution in [-0.2, 0) is 35.0 Å². The molecule has 26 heteroatoms. The lowest BCUT2D eigenvalue weighted by Crippen LogP contribution is -2.27. The number of hydrogen-bond acceptors (Lipinski definition) is 21. The molecule has 7 rings (SSSR count). The van der Waals surface area contributed by atoms with Gasteiger partial charge in [-0.05, 0) is 92.5 Å². The molecule has 0 fully saturated rings. The highest BCUT2D eigenvalue weighted by Gasteiger charge is 2.20. The minimum Gasteiger partial charge on any atom is -0.481 e. The van der Waals surface area contributed by atoms with Gasteiger partial charge in [-0.15, -0.1) is 0 Å². The summed E-state index contributed by atoms with van der Waals surface area (Å²) in [5.74, 6) is 1.81. The van der Waals surface area contributed by atoms with E-state index >= 15 is 0 Å². The standard InChI is InChI=1S/C15H20N2O5.C12H16N2O4.C11H16N2O3.C9H10N2O2.C9H8N2O2/c1-15(2,3)22-14(19)17-11-9-16-12(20-4)8-10(11)6-7-13(18)21-5;1-12(2,3)18-11(16)14-9-6-13-10(17-4)5-8(9)7-15;1-11(2,3)16-10(14)13-8-5-6-9(15-4)12-7-8;2*1-13-9-4-6-2-3-8(12)11-7(6)5-10-9/h6-9H,1-5H3,(H,17,19);5-7H,1-4H3,(H,14,16);5-7H,1-4H3,(H,13,14);4-5H,2-3H2,1H3,(H,11,12);2-5H,1H3,(H,11,12)/b7-6+;;;;. The smallest absolute Gasteiger partial charge is 0.412 e. The van der Waals surface area contributed by atoms with Gasteiger partial charge in [0.15, 0.2) is 6.29 Å². The molecule has 0 aliphatic carbocycles. The molecule has 1 aliphatic heterocycles. The van der Waals surface area contributed by atoms with E-state index in [0.29, 0.717) is 64.6 Å². The Morgan fingerprint density at radius 3 is 1.51 bits per heavy atom. The van der Waals surface area contributed by atoms with E-state index in [9.17, 15) is 33.6 Å². The van der Waals surface area contributed by atoms with Crippen molar-refractivity contribution in [2.75, 3.05) is 63.9 Å². The predicted octanol–water partition coefficient (Wildman–Crippen LogP) is 9.22. The molecule has 82 heavy (non-hydrogen) atoms. The summed E-state index contributed by atoms with van der Waals surface area (Å²) in [6.07, 6.45) is 10.3. The Morgan fingerprint density at radius 1 is 0.537 bits per heavy atom. The van der Waals surface area contributed by atoms with Gasteiger partial charge in [0.05, 0.1) is 102 Å². The first-order valence-electron chi connectivity index (χ1n) is 24.7. The minimum atomic E-state index is -0.641. The molecule has 0 atom stereocenters. The van der Waals surface area contributed by atoms with Gasteiger partial charge < -0.3 is 52.9 Å². The maximum atomic E-state index is 11.8. The SMILES string of the molecule is COC(=O)/C=C/c1cc(OC)ncc1NC(=O)OC(C)(C)C.COc1cc(C=O)c(NC(=O)OC(C)(C)C)cn1.COc1cc2c(cn1)NC(=O)CC2.COc1cc2ccc(=O)[nH]c2cn1.COc1ccc(NC(=O)OC(C)(C)C)cn1. The zero-order valence-electron chi connectivity index (χ0n) is 48.4. The van der Waals surface area contributed by atoms with Crippen LogP contribution in [0.2, 0.25) is 0 Å². The van der Waals surface area contributed by atoms with Gasteiger partial charge in [0.2, 0.25) is 40.9 Å². The monoisotopic (exact) mass is 1140 g/mol. The maximum absolute atomic E-state index is 11.8.